The molecule has 2 rings (SSSR count). The third-order valence-electron chi connectivity index (χ3n) is 5.07. The number of hydrogen-bond donors (Lipinski definition) is 1. The molecule has 1 aliphatic heterocycles. The second-order valence-corrected chi connectivity index (χ2v) is 6.98. The Hall–Kier alpha value is -2.16. The smallest absolute Gasteiger partial charge is 0.434 e. The second kappa shape index (κ2) is 10.9. The molecule has 2 fully saturated rings. The van der Waals surface area contributed by atoms with Gasteiger partial charge < -0.3 is 24.4 Å². The van der Waals surface area contributed by atoms with Gasteiger partial charge in [0.1, 0.15) is 6.29 Å². The molecule has 0 aromatic heterocycles. The van der Waals surface area contributed by atoms with Crippen molar-refractivity contribution in [3.8, 4) is 0 Å². The molecule has 0 radical (unpaired) electrons. The zero-order valence-corrected chi connectivity index (χ0v) is 15.5. The summed E-state index contributed by atoms with van der Waals surface area (Å²) >= 11 is 0. The fourth-order valence-corrected chi connectivity index (χ4v) is 3.48. The molecule has 0 aromatic carbocycles. The molecule has 0 aromatic rings. The number of hydroxylamine groups is 2. The molecule has 152 valence electrons. The van der Waals surface area contributed by atoms with Crippen LogP contribution in [0.4, 0.5) is 4.79 Å². The summed E-state index contributed by atoms with van der Waals surface area (Å²) in [5, 5.41) is 9.97. The number of hydrogen-bond acceptors (Lipinski definition) is 6. The molecule has 2 aliphatic rings. The monoisotopic (exact) mass is 384 g/mol. The normalized spacial score (nSPS) is 19.2. The van der Waals surface area contributed by atoms with Gasteiger partial charge >= 0.3 is 12.1 Å². The van der Waals surface area contributed by atoms with Crippen LogP contribution in [0.5, 0.6) is 0 Å². The first-order valence-electron chi connectivity index (χ1n) is 9.56. The van der Waals surface area contributed by atoms with Gasteiger partial charge in [-0.15, -0.1) is 0 Å². The fraction of sp³-hybridized carbons (Fsp3) is 0.778. The topological polar surface area (TPSA) is 113 Å². The molecule has 1 saturated carbocycles. The maximum Gasteiger partial charge on any atom is 0.434 e. The highest BCUT2D eigenvalue weighted by molar-refractivity contribution is 5.85. The Balaban J connectivity index is 2.02. The standard InChI is InChI=1S/C18H28N2O7/c21-11-8-15(17(23)24)20(27-18(25)19-9-12-26-13-10-19)16(22)7-6-14-4-2-1-3-5-14/h11,14-15H,1-10,12-13H2,(H,23,24). The highest BCUT2D eigenvalue weighted by Gasteiger charge is 2.35. The first-order chi connectivity index (χ1) is 13.0. The van der Waals surface area contributed by atoms with Crippen LogP contribution in [0.1, 0.15) is 51.4 Å². The van der Waals surface area contributed by atoms with Crippen LogP contribution >= 0.6 is 0 Å². The zero-order chi connectivity index (χ0) is 19.6. The summed E-state index contributed by atoms with van der Waals surface area (Å²) in [6, 6.07) is -1.52. The Morgan fingerprint density at radius 2 is 1.85 bits per heavy atom. The number of amides is 2. The van der Waals surface area contributed by atoms with Crippen molar-refractivity contribution in [3.05, 3.63) is 0 Å². The minimum absolute atomic E-state index is 0.0870. The molecular weight excluding hydrogens is 356 g/mol. The molecule has 9 nitrogen and oxygen atoms in total. The van der Waals surface area contributed by atoms with Gasteiger partial charge in [-0.2, -0.15) is 5.06 Å². The molecule has 1 atom stereocenters. The quantitative estimate of drug-likeness (QED) is 0.524. The lowest BCUT2D eigenvalue weighted by Gasteiger charge is -2.31. The predicted molar refractivity (Wildman–Crippen MR) is 93.6 cm³/mol. The van der Waals surface area contributed by atoms with Crippen LogP contribution in [0.3, 0.4) is 0 Å². The minimum Gasteiger partial charge on any atom is -0.480 e. The largest absolute Gasteiger partial charge is 0.480 e. The van der Waals surface area contributed by atoms with Gasteiger partial charge in [-0.1, -0.05) is 32.1 Å². The lowest BCUT2D eigenvalue weighted by atomic mass is 9.86. The number of ether oxygens (including phenoxy) is 1. The van der Waals surface area contributed by atoms with Gasteiger partial charge in [-0.25, -0.2) is 9.59 Å². The molecule has 1 unspecified atom stereocenters. The Kier molecular flexibility index (Phi) is 8.50. The van der Waals surface area contributed by atoms with E-state index in [9.17, 15) is 24.3 Å². The minimum atomic E-state index is -1.52. The Morgan fingerprint density at radius 3 is 2.44 bits per heavy atom. The SMILES string of the molecule is O=CCC(C(=O)O)N(OC(=O)N1CCOCC1)C(=O)CCC1CCCCC1. The average molecular weight is 384 g/mol. The number of carboxylic acids is 1. The van der Waals surface area contributed by atoms with Crippen LogP contribution in [-0.2, 0) is 24.0 Å². The van der Waals surface area contributed by atoms with Crippen LogP contribution in [0.2, 0.25) is 0 Å². The summed E-state index contributed by atoms with van der Waals surface area (Å²) in [6.07, 6.45) is 5.45. The fourth-order valence-electron chi connectivity index (χ4n) is 3.48. The maximum atomic E-state index is 12.7. The third kappa shape index (κ3) is 6.50. The van der Waals surface area contributed by atoms with Gasteiger partial charge in [0.15, 0.2) is 6.04 Å². The lowest BCUT2D eigenvalue weighted by molar-refractivity contribution is -0.190. The van der Waals surface area contributed by atoms with Crippen molar-refractivity contribution >= 4 is 24.3 Å². The highest BCUT2D eigenvalue weighted by atomic mass is 16.7. The molecule has 1 N–H and O–H groups in total. The average Bonchev–Trinajstić information content (AvgIpc) is 2.70. The van der Waals surface area contributed by atoms with E-state index >= 15 is 0 Å². The van der Waals surface area contributed by atoms with Gasteiger partial charge in [0.25, 0.3) is 5.91 Å². The molecule has 1 saturated heterocycles. The van der Waals surface area contributed by atoms with E-state index in [0.717, 1.165) is 25.7 Å². The van der Waals surface area contributed by atoms with E-state index in [-0.39, 0.29) is 6.42 Å². The molecule has 27 heavy (non-hydrogen) atoms. The van der Waals surface area contributed by atoms with E-state index < -0.39 is 30.4 Å². The summed E-state index contributed by atoms with van der Waals surface area (Å²) in [6.45, 7) is 1.30. The summed E-state index contributed by atoms with van der Waals surface area (Å²) in [5.41, 5.74) is 0. The first-order valence-corrected chi connectivity index (χ1v) is 9.56. The van der Waals surface area contributed by atoms with Crippen molar-refractivity contribution in [3.63, 3.8) is 0 Å². The first kappa shape index (κ1) is 21.1. The highest BCUT2D eigenvalue weighted by Crippen LogP contribution is 2.27. The van der Waals surface area contributed by atoms with Gasteiger partial charge in [0, 0.05) is 25.9 Å². The van der Waals surface area contributed by atoms with E-state index in [4.69, 9.17) is 9.57 Å². The number of rotatable bonds is 7. The number of nitrogens with zero attached hydrogens (tertiary/aromatic N) is 2. The Labute approximate surface area is 158 Å². The molecule has 0 bridgehead atoms. The molecule has 1 heterocycles. The summed E-state index contributed by atoms with van der Waals surface area (Å²) < 4.78 is 5.16. The van der Waals surface area contributed by atoms with Crippen molar-refractivity contribution in [1.82, 2.24) is 9.96 Å². The van der Waals surface area contributed by atoms with E-state index in [0.29, 0.717) is 50.0 Å². The van der Waals surface area contributed by atoms with Gasteiger partial charge in [-0.3, -0.25) is 4.79 Å². The summed E-state index contributed by atoms with van der Waals surface area (Å²) in [5.74, 6) is -1.55. The number of aliphatic carboxylic acids is 1. The van der Waals surface area contributed by atoms with Crippen molar-refractivity contribution in [2.45, 2.75) is 57.4 Å². The number of carbonyl (C=O) groups excluding carboxylic acids is 3. The van der Waals surface area contributed by atoms with E-state index in [1.54, 1.807) is 0 Å². The predicted octanol–water partition coefficient (Wildman–Crippen LogP) is 1.60. The van der Waals surface area contributed by atoms with E-state index in [2.05, 4.69) is 0 Å². The molecule has 0 spiro atoms. The summed E-state index contributed by atoms with van der Waals surface area (Å²) in [4.78, 5) is 53.9. The van der Waals surface area contributed by atoms with E-state index in [1.165, 1.54) is 11.3 Å². The number of aldehydes is 1. The van der Waals surface area contributed by atoms with E-state index in [1.807, 2.05) is 0 Å². The number of carbonyl (C=O) groups is 4. The molecular formula is C18H28N2O7. The number of morpholine rings is 1. The molecule has 9 heteroatoms. The van der Waals surface area contributed by atoms with Gasteiger partial charge in [0.2, 0.25) is 0 Å². The lowest BCUT2D eigenvalue weighted by Crippen LogP contribution is -2.50. The van der Waals surface area contributed by atoms with Gasteiger partial charge in [0.05, 0.1) is 13.2 Å². The Morgan fingerprint density at radius 1 is 1.19 bits per heavy atom. The van der Waals surface area contributed by atoms with Crippen molar-refractivity contribution < 1.29 is 33.9 Å². The van der Waals surface area contributed by atoms with Crippen LogP contribution < -0.4 is 0 Å². The van der Waals surface area contributed by atoms with Crippen molar-refractivity contribution in [2.75, 3.05) is 26.3 Å². The zero-order valence-electron chi connectivity index (χ0n) is 15.5. The van der Waals surface area contributed by atoms with Crippen LogP contribution in [-0.4, -0.2) is 71.7 Å². The second-order valence-electron chi connectivity index (χ2n) is 6.98. The van der Waals surface area contributed by atoms with Crippen molar-refractivity contribution in [1.29, 1.82) is 0 Å². The maximum absolute atomic E-state index is 12.7. The molecule has 1 aliphatic carbocycles. The van der Waals surface area contributed by atoms with Gasteiger partial charge in [-0.05, 0) is 12.3 Å². The third-order valence-corrected chi connectivity index (χ3v) is 5.07. The number of carboxylic acid groups (broad SMARTS) is 1. The van der Waals surface area contributed by atoms with Crippen LogP contribution in [0.15, 0.2) is 0 Å². The van der Waals surface area contributed by atoms with Crippen LogP contribution in [0.25, 0.3) is 0 Å². The summed E-state index contributed by atoms with van der Waals surface area (Å²) in [7, 11) is 0. The van der Waals surface area contributed by atoms with Crippen molar-refractivity contribution in [2.24, 2.45) is 5.92 Å². The Bertz CT molecular complexity index is 528. The van der Waals surface area contributed by atoms with Crippen LogP contribution in [0, 0.1) is 5.92 Å². The molecule has 2 amide bonds.